The van der Waals surface area contributed by atoms with E-state index in [0.717, 1.165) is 26.9 Å². The molecule has 31 heavy (non-hydrogen) atoms. The molecule has 0 fully saturated rings. The van der Waals surface area contributed by atoms with Gasteiger partial charge in [0.25, 0.3) is 5.91 Å². The highest BCUT2D eigenvalue weighted by Gasteiger charge is 2.35. The topological polar surface area (TPSA) is 88.9 Å². The molecule has 1 atom stereocenters. The van der Waals surface area contributed by atoms with E-state index in [2.05, 4.69) is 5.32 Å². The Kier molecular flexibility index (Phi) is 4.56. The van der Waals surface area contributed by atoms with Gasteiger partial charge in [-0.25, -0.2) is 8.42 Å². The molecule has 158 valence electrons. The van der Waals surface area contributed by atoms with Crippen molar-refractivity contribution in [2.75, 3.05) is 22.4 Å². The Balaban J connectivity index is 1.43. The van der Waals surface area contributed by atoms with E-state index < -0.39 is 22.0 Å². The number of halogens is 1. The lowest BCUT2D eigenvalue weighted by atomic mass is 10.1. The summed E-state index contributed by atoms with van der Waals surface area (Å²) < 4.78 is 37.4. The summed E-state index contributed by atoms with van der Waals surface area (Å²) in [5.41, 5.74) is 2.23. The van der Waals surface area contributed by atoms with Gasteiger partial charge in [-0.2, -0.15) is 0 Å². The summed E-state index contributed by atoms with van der Waals surface area (Å²) in [7, 11) is -3.64. The number of anilines is 2. The number of sulfonamides is 1. The summed E-state index contributed by atoms with van der Waals surface area (Å²) in [6, 6.07) is 17.7. The van der Waals surface area contributed by atoms with Crippen LogP contribution in [0.1, 0.15) is 0 Å². The van der Waals surface area contributed by atoms with Crippen LogP contribution in [-0.2, 0) is 14.8 Å². The number of nitrogens with one attached hydrogen (secondary N) is 1. The molecule has 9 heteroatoms. The summed E-state index contributed by atoms with van der Waals surface area (Å²) >= 11 is 6.01. The van der Waals surface area contributed by atoms with Crippen LogP contribution in [0, 0.1) is 0 Å². The van der Waals surface area contributed by atoms with Crippen LogP contribution in [0.25, 0.3) is 21.9 Å². The molecule has 0 bridgehead atoms. The second kappa shape index (κ2) is 7.18. The number of amides is 1. The number of furan rings is 1. The van der Waals surface area contributed by atoms with Crippen LogP contribution in [0.15, 0.2) is 65.1 Å². The molecule has 1 amide bonds. The standard InChI is InChI=1S/C22H17ClN2O5S/c1-31(27,28)25-12-21(30-19-9-6-13(23)10-17(19)25)22(26)24-14-7-8-16-15-4-2-3-5-18(15)29-20(16)11-14/h2-11,21H,12H2,1H3,(H,24,26). The zero-order valence-electron chi connectivity index (χ0n) is 16.3. The van der Waals surface area contributed by atoms with Crippen molar-refractivity contribution < 1.29 is 22.4 Å². The summed E-state index contributed by atoms with van der Waals surface area (Å²) in [5, 5.41) is 5.10. The van der Waals surface area contributed by atoms with Gasteiger partial charge in [0.05, 0.1) is 18.5 Å². The van der Waals surface area contributed by atoms with E-state index in [9.17, 15) is 13.2 Å². The fraction of sp³-hybridized carbons (Fsp3) is 0.136. The largest absolute Gasteiger partial charge is 0.476 e. The van der Waals surface area contributed by atoms with Crippen LogP contribution in [0.5, 0.6) is 5.75 Å². The summed E-state index contributed by atoms with van der Waals surface area (Å²) in [6.07, 6.45) is 0.0442. The maximum absolute atomic E-state index is 12.9. The minimum Gasteiger partial charge on any atom is -0.476 e. The average molecular weight is 457 g/mol. The lowest BCUT2D eigenvalue weighted by Gasteiger charge is -2.34. The van der Waals surface area contributed by atoms with E-state index in [1.165, 1.54) is 6.07 Å². The molecule has 1 N–H and O–H groups in total. The number of carbonyl (C=O) groups is 1. The predicted octanol–water partition coefficient (Wildman–Crippen LogP) is 4.41. The molecule has 0 radical (unpaired) electrons. The highest BCUT2D eigenvalue weighted by Crippen LogP contribution is 2.37. The molecule has 1 aromatic heterocycles. The molecule has 0 saturated carbocycles. The van der Waals surface area contributed by atoms with Gasteiger partial charge in [-0.3, -0.25) is 9.10 Å². The number of ether oxygens (including phenoxy) is 1. The van der Waals surface area contributed by atoms with E-state index in [1.807, 2.05) is 30.3 Å². The van der Waals surface area contributed by atoms with E-state index in [0.29, 0.717) is 22.0 Å². The van der Waals surface area contributed by atoms with E-state index >= 15 is 0 Å². The highest BCUT2D eigenvalue weighted by molar-refractivity contribution is 7.92. The van der Waals surface area contributed by atoms with Gasteiger partial charge in [0.2, 0.25) is 10.0 Å². The third-order valence-electron chi connectivity index (χ3n) is 5.13. The van der Waals surface area contributed by atoms with Gasteiger partial charge in [-0.05, 0) is 36.4 Å². The van der Waals surface area contributed by atoms with Crippen molar-refractivity contribution in [2.45, 2.75) is 6.10 Å². The molecule has 5 rings (SSSR count). The Bertz CT molecular complexity index is 1450. The molecule has 2 heterocycles. The van der Waals surface area contributed by atoms with Crippen molar-refractivity contribution in [3.8, 4) is 5.75 Å². The van der Waals surface area contributed by atoms with Gasteiger partial charge in [0, 0.05) is 27.5 Å². The molecule has 4 aromatic rings. The van der Waals surface area contributed by atoms with Gasteiger partial charge in [0.1, 0.15) is 16.9 Å². The van der Waals surface area contributed by atoms with E-state index in [4.69, 9.17) is 20.8 Å². The zero-order chi connectivity index (χ0) is 21.8. The van der Waals surface area contributed by atoms with Crippen molar-refractivity contribution in [2.24, 2.45) is 0 Å². The molecular formula is C22H17ClN2O5S. The molecule has 0 aliphatic carbocycles. The smallest absolute Gasteiger partial charge is 0.267 e. The number of hydrogen-bond donors (Lipinski definition) is 1. The van der Waals surface area contributed by atoms with Crippen molar-refractivity contribution in [3.05, 3.63) is 65.7 Å². The van der Waals surface area contributed by atoms with Crippen molar-refractivity contribution >= 4 is 60.8 Å². The lowest BCUT2D eigenvalue weighted by Crippen LogP contribution is -2.48. The van der Waals surface area contributed by atoms with E-state index in [-0.39, 0.29) is 12.3 Å². The molecule has 1 aliphatic heterocycles. The van der Waals surface area contributed by atoms with Crippen molar-refractivity contribution in [1.29, 1.82) is 0 Å². The summed E-state index contributed by atoms with van der Waals surface area (Å²) in [4.78, 5) is 12.9. The Morgan fingerprint density at radius 3 is 2.65 bits per heavy atom. The number of benzene rings is 3. The summed E-state index contributed by atoms with van der Waals surface area (Å²) in [6.45, 7) is -0.162. The van der Waals surface area contributed by atoms with Crippen LogP contribution >= 0.6 is 11.6 Å². The highest BCUT2D eigenvalue weighted by atomic mass is 35.5. The Morgan fingerprint density at radius 2 is 1.84 bits per heavy atom. The first kappa shape index (κ1) is 19.7. The number of fused-ring (bicyclic) bond motifs is 4. The zero-order valence-corrected chi connectivity index (χ0v) is 17.9. The quantitative estimate of drug-likeness (QED) is 0.493. The van der Waals surface area contributed by atoms with E-state index in [1.54, 1.807) is 24.3 Å². The van der Waals surface area contributed by atoms with Gasteiger partial charge >= 0.3 is 0 Å². The van der Waals surface area contributed by atoms with Crippen LogP contribution in [0.2, 0.25) is 5.02 Å². The van der Waals surface area contributed by atoms with Crippen LogP contribution in [-0.4, -0.2) is 33.2 Å². The van der Waals surface area contributed by atoms with Gasteiger partial charge in [0.15, 0.2) is 6.10 Å². The number of hydrogen-bond acceptors (Lipinski definition) is 5. The number of rotatable bonds is 3. The molecule has 1 aliphatic rings. The third kappa shape index (κ3) is 3.58. The number of nitrogens with zero attached hydrogens (tertiary/aromatic N) is 1. The van der Waals surface area contributed by atoms with Crippen LogP contribution in [0.4, 0.5) is 11.4 Å². The van der Waals surface area contributed by atoms with Crippen LogP contribution < -0.4 is 14.4 Å². The molecule has 0 spiro atoms. The monoisotopic (exact) mass is 456 g/mol. The minimum absolute atomic E-state index is 0.162. The second-order valence-electron chi connectivity index (χ2n) is 7.31. The average Bonchev–Trinajstić information content (AvgIpc) is 3.10. The number of para-hydroxylation sites is 1. The first-order valence-corrected chi connectivity index (χ1v) is 11.7. The third-order valence-corrected chi connectivity index (χ3v) is 6.51. The van der Waals surface area contributed by atoms with Gasteiger partial charge in [-0.15, -0.1) is 0 Å². The van der Waals surface area contributed by atoms with Gasteiger partial charge in [-0.1, -0.05) is 29.8 Å². The van der Waals surface area contributed by atoms with Crippen molar-refractivity contribution in [1.82, 2.24) is 0 Å². The first-order valence-electron chi connectivity index (χ1n) is 9.46. The van der Waals surface area contributed by atoms with Gasteiger partial charge < -0.3 is 14.5 Å². The number of carbonyl (C=O) groups excluding carboxylic acids is 1. The van der Waals surface area contributed by atoms with Crippen LogP contribution in [0.3, 0.4) is 0 Å². The summed E-state index contributed by atoms with van der Waals surface area (Å²) in [5.74, 6) is -0.196. The normalized spacial score (nSPS) is 16.2. The predicted molar refractivity (Wildman–Crippen MR) is 120 cm³/mol. The lowest BCUT2D eigenvalue weighted by molar-refractivity contribution is -0.122. The molecule has 0 saturated heterocycles. The molecule has 7 nitrogen and oxygen atoms in total. The SMILES string of the molecule is CS(=O)(=O)N1CC(C(=O)Nc2ccc3c(c2)oc2ccccc23)Oc2ccc(Cl)cc21. The maximum atomic E-state index is 12.9. The maximum Gasteiger partial charge on any atom is 0.267 e. The Labute approximate surface area is 183 Å². The Morgan fingerprint density at radius 1 is 1.06 bits per heavy atom. The fourth-order valence-electron chi connectivity index (χ4n) is 3.70. The second-order valence-corrected chi connectivity index (χ2v) is 9.65. The molecule has 3 aromatic carbocycles. The minimum atomic E-state index is -3.64. The molecule has 1 unspecified atom stereocenters. The first-order chi connectivity index (χ1) is 14.8. The molecular weight excluding hydrogens is 440 g/mol. The van der Waals surface area contributed by atoms with Crippen molar-refractivity contribution in [3.63, 3.8) is 0 Å². The fourth-order valence-corrected chi connectivity index (χ4v) is 4.77. The Hall–Kier alpha value is -3.23.